The van der Waals surface area contributed by atoms with Gasteiger partial charge in [-0.3, -0.25) is 4.90 Å². The monoisotopic (exact) mass is 557 g/mol. The first-order valence-corrected chi connectivity index (χ1v) is 15.1. The number of aromatic nitrogens is 2. The molecule has 1 unspecified atom stereocenters. The van der Waals surface area contributed by atoms with Gasteiger partial charge in [-0.05, 0) is 68.0 Å². The van der Waals surface area contributed by atoms with Crippen molar-refractivity contribution < 1.29 is 7.59 Å². The number of nitrogens with one attached hydrogen (secondary N) is 2. The summed E-state index contributed by atoms with van der Waals surface area (Å²) in [6.45, 7) is 3.86. The van der Waals surface area contributed by atoms with E-state index in [9.17, 15) is 0 Å². The molecule has 2 bridgehead atoms. The van der Waals surface area contributed by atoms with Crippen LogP contribution in [0.4, 0.5) is 17.3 Å². The Morgan fingerprint density at radius 2 is 1.57 bits per heavy atom. The smallest absolute Gasteiger partial charge is 0.228 e. The molecule has 3 saturated heterocycles. The van der Waals surface area contributed by atoms with Crippen molar-refractivity contribution in [3.63, 3.8) is 0 Å². The summed E-state index contributed by atoms with van der Waals surface area (Å²) in [6, 6.07) is 35.2. The maximum Gasteiger partial charge on any atom is 0.228 e. The van der Waals surface area contributed by atoms with Crippen molar-refractivity contribution in [3.8, 4) is 11.3 Å². The van der Waals surface area contributed by atoms with Crippen LogP contribution in [-0.4, -0.2) is 33.6 Å². The number of fused-ring (bicyclic) bond motifs is 3. The second kappa shape index (κ2) is 10.2. The van der Waals surface area contributed by atoms with Crippen LogP contribution in [0.15, 0.2) is 97.1 Å². The summed E-state index contributed by atoms with van der Waals surface area (Å²) in [5, 5.41) is 8.21. The van der Waals surface area contributed by atoms with Gasteiger partial charge in [0.05, 0.1) is 11.2 Å². The maximum absolute atomic E-state index is 6.06. The number of nitrogens with zero attached hydrogens (tertiary/aromatic N) is 3. The third-order valence-corrected chi connectivity index (χ3v) is 9.30. The molecule has 0 radical (unpaired) electrons. The first kappa shape index (κ1) is 25.5. The molecule has 0 saturated carbocycles. The van der Waals surface area contributed by atoms with Gasteiger partial charge in [-0.15, -0.1) is 0 Å². The van der Waals surface area contributed by atoms with E-state index in [1.165, 1.54) is 36.8 Å². The average Bonchev–Trinajstić information content (AvgIpc) is 3.60. The Morgan fingerprint density at radius 1 is 0.857 bits per heavy atom. The average molecular weight is 558 g/mol. The molecule has 214 valence electrons. The predicted molar refractivity (Wildman–Crippen MR) is 173 cm³/mol. The number of hydrogen-bond acceptors (Lipinski definition) is 6. The number of para-hydroxylation sites is 1. The van der Waals surface area contributed by atoms with Crippen LogP contribution in [0.25, 0.3) is 22.2 Å². The van der Waals surface area contributed by atoms with Gasteiger partial charge < -0.3 is 15.4 Å². The highest BCUT2D eigenvalue weighted by Gasteiger charge is 2.47. The molecule has 0 amide bonds. The molecular formula is C36H39N5O. The van der Waals surface area contributed by atoms with Crippen molar-refractivity contribution in [2.75, 3.05) is 17.2 Å². The Balaban J connectivity index is 0.00000171. The Hall–Kier alpha value is -4.26. The van der Waals surface area contributed by atoms with E-state index >= 15 is 0 Å². The molecular weight excluding hydrogens is 518 g/mol. The molecule has 6 heteroatoms. The van der Waals surface area contributed by atoms with Gasteiger partial charge >= 0.3 is 0 Å². The fourth-order valence-electron chi connectivity index (χ4n) is 6.89. The number of rotatable bonds is 8. The molecule has 4 aromatic carbocycles. The van der Waals surface area contributed by atoms with E-state index in [2.05, 4.69) is 83.1 Å². The number of ether oxygens (including phenoxy) is 1. The molecule has 5 aromatic rings. The van der Waals surface area contributed by atoms with Crippen molar-refractivity contribution in [2.24, 2.45) is 0 Å². The van der Waals surface area contributed by atoms with Gasteiger partial charge in [-0.2, -0.15) is 0 Å². The molecule has 1 aromatic heterocycles. The van der Waals surface area contributed by atoms with Crippen LogP contribution in [0, 0.1) is 6.92 Å². The number of anilines is 3. The van der Waals surface area contributed by atoms with E-state index < -0.39 is 5.72 Å². The van der Waals surface area contributed by atoms with Gasteiger partial charge in [0.15, 0.2) is 5.72 Å². The van der Waals surface area contributed by atoms with Gasteiger partial charge in [-0.1, -0.05) is 72.8 Å². The number of benzene rings is 4. The van der Waals surface area contributed by atoms with Crippen molar-refractivity contribution >= 4 is 28.2 Å². The van der Waals surface area contributed by atoms with Crippen LogP contribution in [0.5, 0.6) is 0 Å². The minimum Gasteiger partial charge on any atom is -0.352 e. The Bertz CT molecular complexity index is 1740. The summed E-state index contributed by atoms with van der Waals surface area (Å²) < 4.78 is 6.06. The number of aryl methyl sites for hydroxylation is 1. The van der Waals surface area contributed by atoms with E-state index in [0.29, 0.717) is 12.6 Å². The third-order valence-electron chi connectivity index (χ3n) is 9.30. The van der Waals surface area contributed by atoms with E-state index in [1.54, 1.807) is 0 Å². The minimum absolute atomic E-state index is 0. The summed E-state index contributed by atoms with van der Waals surface area (Å²) in [5.41, 5.74) is 8.22. The highest BCUT2D eigenvalue weighted by atomic mass is 16.6. The lowest BCUT2D eigenvalue weighted by Crippen LogP contribution is -2.28. The molecule has 2 N–H and O–H groups in total. The lowest BCUT2D eigenvalue weighted by atomic mass is 10.0. The first-order valence-electron chi connectivity index (χ1n) is 15.1. The second-order valence-corrected chi connectivity index (χ2v) is 12.0. The molecule has 0 aliphatic carbocycles. The second-order valence-electron chi connectivity index (χ2n) is 12.0. The minimum atomic E-state index is -0.492. The summed E-state index contributed by atoms with van der Waals surface area (Å²) in [7, 11) is 0. The van der Waals surface area contributed by atoms with Crippen molar-refractivity contribution in [2.45, 2.75) is 57.0 Å². The Kier molecular flexibility index (Phi) is 6.20. The van der Waals surface area contributed by atoms with E-state index in [0.717, 1.165) is 57.7 Å². The van der Waals surface area contributed by atoms with Crippen LogP contribution < -0.4 is 10.6 Å². The summed E-state index contributed by atoms with van der Waals surface area (Å²) in [6.07, 6.45) is 5.46. The van der Waals surface area contributed by atoms with E-state index in [-0.39, 0.29) is 2.85 Å². The largest absolute Gasteiger partial charge is 0.352 e. The van der Waals surface area contributed by atoms with Gasteiger partial charge in [0.2, 0.25) is 5.95 Å². The fourth-order valence-corrected chi connectivity index (χ4v) is 6.89. The van der Waals surface area contributed by atoms with Gasteiger partial charge in [0.1, 0.15) is 6.61 Å². The van der Waals surface area contributed by atoms with Crippen LogP contribution >= 0.6 is 0 Å². The lowest BCUT2D eigenvalue weighted by Gasteiger charge is -2.23. The number of hydrogen-bond donors (Lipinski definition) is 2. The number of epoxide rings is 1. The van der Waals surface area contributed by atoms with Gasteiger partial charge in [-0.25, -0.2) is 9.97 Å². The van der Waals surface area contributed by atoms with Crippen molar-refractivity contribution in [3.05, 3.63) is 114 Å². The fraction of sp³-hybridized carbons (Fsp3) is 0.278. The van der Waals surface area contributed by atoms with E-state index in [4.69, 9.17) is 14.7 Å². The standard InChI is InChI=1S/C36H35N5O.2H2/c1-24-11-12-25(22-41-29-17-18-30(41)20-19-29)21-33(24)40-36(23-42-36)27-13-15-28(16-14-27)37-35-38-32-10-6-5-9-31(32)34(39-35)26-7-3-2-4-8-26;;/h2-16,21,29-30,40H,17-20,22-23H2,1H3,(H,37,38,39);2*1H. The molecule has 4 heterocycles. The van der Waals surface area contributed by atoms with Crippen LogP contribution in [0.3, 0.4) is 0 Å². The summed E-state index contributed by atoms with van der Waals surface area (Å²) >= 11 is 0. The molecule has 6 nitrogen and oxygen atoms in total. The highest BCUT2D eigenvalue weighted by molar-refractivity contribution is 5.93. The van der Waals surface area contributed by atoms with E-state index in [1.807, 2.05) is 36.4 Å². The molecule has 1 atom stereocenters. The SMILES string of the molecule is Cc1ccc(CN2C3CCC2CC3)cc1NC1(c2ccc(Nc3nc(-c4ccccc4)c4ccccc4n3)cc2)CO1.[HH].[HH]. The first-order chi connectivity index (χ1) is 20.6. The molecule has 3 aliphatic rings. The normalized spacial score (nSPS) is 22.9. The van der Waals surface area contributed by atoms with Crippen LogP contribution in [0.1, 0.15) is 45.2 Å². The zero-order valence-corrected chi connectivity index (χ0v) is 23.9. The third kappa shape index (κ3) is 4.71. The summed E-state index contributed by atoms with van der Waals surface area (Å²) in [5.74, 6) is 0.578. The molecule has 3 fully saturated rings. The zero-order valence-electron chi connectivity index (χ0n) is 23.9. The molecule has 42 heavy (non-hydrogen) atoms. The summed E-state index contributed by atoms with van der Waals surface area (Å²) in [4.78, 5) is 12.4. The molecule has 3 aliphatic heterocycles. The van der Waals surface area contributed by atoms with Gasteiger partial charge in [0, 0.05) is 49.4 Å². The molecule has 8 rings (SSSR count). The molecule has 0 spiro atoms. The van der Waals surface area contributed by atoms with Gasteiger partial charge in [0.25, 0.3) is 0 Å². The zero-order chi connectivity index (χ0) is 28.1. The predicted octanol–water partition coefficient (Wildman–Crippen LogP) is 8.26. The Labute approximate surface area is 249 Å². The lowest BCUT2D eigenvalue weighted by molar-refractivity contribution is 0.244. The quantitative estimate of drug-likeness (QED) is 0.187. The van der Waals surface area contributed by atoms with Crippen molar-refractivity contribution in [1.29, 1.82) is 0 Å². The topological polar surface area (TPSA) is 65.6 Å². The maximum atomic E-state index is 6.06. The van der Waals surface area contributed by atoms with Crippen molar-refractivity contribution in [1.82, 2.24) is 14.9 Å². The van der Waals surface area contributed by atoms with Crippen LogP contribution in [0.2, 0.25) is 0 Å². The highest BCUT2D eigenvalue weighted by Crippen LogP contribution is 2.42. The van der Waals surface area contributed by atoms with Crippen LogP contribution in [-0.2, 0) is 17.0 Å². The Morgan fingerprint density at radius 3 is 2.31 bits per heavy atom.